The van der Waals surface area contributed by atoms with E-state index in [0.29, 0.717) is 23.8 Å². The summed E-state index contributed by atoms with van der Waals surface area (Å²) in [4.78, 5) is 37.8. The zero-order chi connectivity index (χ0) is 25.5. The standard InChI is InChI=1S/C29H38N4O4/c1-37-31-25(11-12-27(34)35)28-29(36)33(26-8-3-2-7-24(26)30-28)23-16-20-9-10-21(17-23)32(20)22-14-18-5-4-6-19(13-18)15-22/h2-3,7-8,18-23H,4-6,9-17H2,1H3,(H,34,35)/t18?,19?,20-,21+,22?,23?. The van der Waals surface area contributed by atoms with Gasteiger partial charge in [0.15, 0.2) is 5.69 Å². The smallest absolute Gasteiger partial charge is 0.303 e. The van der Waals surface area contributed by atoms with Crippen LogP contribution >= 0.6 is 0 Å². The maximum atomic E-state index is 14.0. The Hall–Kier alpha value is -2.74. The third-order valence-electron chi connectivity index (χ3n) is 9.50. The second-order valence-electron chi connectivity index (χ2n) is 11.7. The van der Waals surface area contributed by atoms with Crippen molar-refractivity contribution in [3.8, 4) is 0 Å². The van der Waals surface area contributed by atoms with E-state index < -0.39 is 5.97 Å². The maximum absolute atomic E-state index is 14.0. The Balaban J connectivity index is 1.33. The van der Waals surface area contributed by atoms with Crippen LogP contribution in [-0.2, 0) is 9.63 Å². The van der Waals surface area contributed by atoms with Gasteiger partial charge in [0.25, 0.3) is 5.56 Å². The molecule has 0 radical (unpaired) electrons. The number of hydrogen-bond donors (Lipinski definition) is 1. The van der Waals surface area contributed by atoms with Crippen LogP contribution in [0.1, 0.15) is 88.8 Å². The van der Waals surface area contributed by atoms with Crippen molar-refractivity contribution >= 4 is 22.7 Å². The number of nitrogens with zero attached hydrogens (tertiary/aromatic N) is 4. The lowest BCUT2D eigenvalue weighted by molar-refractivity contribution is -0.136. The van der Waals surface area contributed by atoms with Crippen molar-refractivity contribution in [1.29, 1.82) is 0 Å². The largest absolute Gasteiger partial charge is 0.481 e. The number of oxime groups is 1. The van der Waals surface area contributed by atoms with E-state index in [1.165, 1.54) is 58.5 Å². The highest BCUT2D eigenvalue weighted by atomic mass is 16.6. The molecule has 1 N–H and O–H groups in total. The predicted molar refractivity (Wildman–Crippen MR) is 142 cm³/mol. The average molecular weight is 507 g/mol. The van der Waals surface area contributed by atoms with E-state index in [1.807, 2.05) is 28.8 Å². The van der Waals surface area contributed by atoms with Gasteiger partial charge >= 0.3 is 5.97 Å². The monoisotopic (exact) mass is 506 g/mol. The molecule has 4 fully saturated rings. The molecule has 5 atom stereocenters. The van der Waals surface area contributed by atoms with E-state index in [0.717, 1.165) is 35.7 Å². The van der Waals surface area contributed by atoms with E-state index >= 15 is 0 Å². The molecule has 8 nitrogen and oxygen atoms in total. The molecular formula is C29H38N4O4. The van der Waals surface area contributed by atoms with Gasteiger partial charge in [0, 0.05) is 30.6 Å². The Labute approximate surface area is 217 Å². The third-order valence-corrected chi connectivity index (χ3v) is 9.50. The molecule has 2 aliphatic carbocycles. The second kappa shape index (κ2) is 10.2. The van der Waals surface area contributed by atoms with E-state index in [4.69, 9.17) is 4.84 Å². The summed E-state index contributed by atoms with van der Waals surface area (Å²) in [6, 6.07) is 9.63. The molecule has 8 heteroatoms. The fourth-order valence-electron chi connectivity index (χ4n) is 8.18. The van der Waals surface area contributed by atoms with Gasteiger partial charge in [-0.3, -0.25) is 14.5 Å². The topological polar surface area (TPSA) is 97.0 Å². The molecule has 37 heavy (non-hydrogen) atoms. The van der Waals surface area contributed by atoms with Crippen molar-refractivity contribution in [2.75, 3.05) is 7.11 Å². The number of fused-ring (bicyclic) bond motifs is 5. The number of carbonyl (C=O) groups is 1. The van der Waals surface area contributed by atoms with Crippen molar-refractivity contribution in [3.63, 3.8) is 0 Å². The SMILES string of the molecule is CON=C(CCC(=O)O)c1nc2ccccc2n(C2C[C@H]3CC[C@@H](C2)N3C2CC3CCCC(C3)C2)c1=O. The number of aliphatic carboxylic acids is 1. The molecule has 2 aliphatic heterocycles. The number of carboxylic acid groups (broad SMARTS) is 1. The lowest BCUT2D eigenvalue weighted by Gasteiger charge is -2.49. The maximum Gasteiger partial charge on any atom is 0.303 e. The van der Waals surface area contributed by atoms with Crippen molar-refractivity contribution in [2.45, 2.75) is 101 Å². The Morgan fingerprint density at radius 1 is 0.973 bits per heavy atom. The summed E-state index contributed by atoms with van der Waals surface area (Å²) < 4.78 is 1.95. The highest BCUT2D eigenvalue weighted by Gasteiger charge is 2.47. The third kappa shape index (κ3) is 4.69. The number of benzene rings is 1. The zero-order valence-corrected chi connectivity index (χ0v) is 21.7. The van der Waals surface area contributed by atoms with E-state index in [-0.39, 0.29) is 30.1 Å². The summed E-state index contributed by atoms with van der Waals surface area (Å²) in [7, 11) is 1.41. The molecule has 198 valence electrons. The number of para-hydroxylation sites is 2. The average Bonchev–Trinajstić information content (AvgIpc) is 3.15. The van der Waals surface area contributed by atoms with Gasteiger partial charge in [0.1, 0.15) is 12.8 Å². The van der Waals surface area contributed by atoms with Gasteiger partial charge in [-0.05, 0) is 68.9 Å². The number of carboxylic acids is 1. The van der Waals surface area contributed by atoms with Crippen LogP contribution in [0, 0.1) is 11.8 Å². The summed E-state index contributed by atoms with van der Waals surface area (Å²) in [5.74, 6) is 0.877. The minimum Gasteiger partial charge on any atom is -0.481 e. The minimum atomic E-state index is -0.944. The molecular weight excluding hydrogens is 468 g/mol. The second-order valence-corrected chi connectivity index (χ2v) is 11.7. The first-order valence-corrected chi connectivity index (χ1v) is 14.1. The molecule has 3 heterocycles. The van der Waals surface area contributed by atoms with Crippen LogP contribution in [0.4, 0.5) is 0 Å². The molecule has 4 bridgehead atoms. The normalized spacial score (nSPS) is 32.0. The first-order valence-electron chi connectivity index (χ1n) is 14.1. The van der Waals surface area contributed by atoms with Crippen molar-refractivity contribution in [1.82, 2.24) is 14.5 Å². The van der Waals surface area contributed by atoms with Crippen LogP contribution < -0.4 is 5.56 Å². The zero-order valence-electron chi connectivity index (χ0n) is 21.7. The van der Waals surface area contributed by atoms with Crippen LogP contribution in [0.15, 0.2) is 34.2 Å². The van der Waals surface area contributed by atoms with Crippen LogP contribution in [0.5, 0.6) is 0 Å². The predicted octanol–water partition coefficient (Wildman–Crippen LogP) is 4.75. The molecule has 4 aliphatic rings. The van der Waals surface area contributed by atoms with Gasteiger partial charge in [-0.1, -0.05) is 36.6 Å². The summed E-state index contributed by atoms with van der Waals surface area (Å²) in [5, 5.41) is 13.3. The van der Waals surface area contributed by atoms with Gasteiger partial charge in [-0.25, -0.2) is 4.98 Å². The highest BCUT2D eigenvalue weighted by molar-refractivity contribution is 6.00. The van der Waals surface area contributed by atoms with Crippen molar-refractivity contribution in [2.24, 2.45) is 17.0 Å². The molecule has 0 spiro atoms. The number of piperidine rings is 1. The highest BCUT2D eigenvalue weighted by Crippen LogP contribution is 2.48. The van der Waals surface area contributed by atoms with Crippen LogP contribution in [-0.4, -0.2) is 56.5 Å². The molecule has 1 aromatic carbocycles. The van der Waals surface area contributed by atoms with Gasteiger partial charge in [-0.15, -0.1) is 0 Å². The molecule has 1 aromatic heterocycles. The summed E-state index contributed by atoms with van der Waals surface area (Å²) in [6.45, 7) is 0. The Bertz CT molecular complexity index is 1230. The molecule has 6 rings (SSSR count). The molecule has 0 amide bonds. The van der Waals surface area contributed by atoms with E-state index in [2.05, 4.69) is 15.0 Å². The summed E-state index contributed by atoms with van der Waals surface area (Å²) in [6.07, 6.45) is 12.7. The summed E-state index contributed by atoms with van der Waals surface area (Å²) in [5.41, 5.74) is 1.88. The molecule has 3 unspecified atom stereocenters. The first kappa shape index (κ1) is 24.6. The fraction of sp³-hybridized carbons (Fsp3) is 0.655. The fourth-order valence-corrected chi connectivity index (χ4v) is 8.18. The Kier molecular flexibility index (Phi) is 6.78. The molecule has 2 saturated carbocycles. The minimum absolute atomic E-state index is 0.0947. The summed E-state index contributed by atoms with van der Waals surface area (Å²) >= 11 is 0. The van der Waals surface area contributed by atoms with E-state index in [1.54, 1.807) is 0 Å². The van der Waals surface area contributed by atoms with Crippen LogP contribution in [0.3, 0.4) is 0 Å². The van der Waals surface area contributed by atoms with Crippen molar-refractivity contribution in [3.05, 3.63) is 40.3 Å². The van der Waals surface area contributed by atoms with Gasteiger partial charge in [-0.2, -0.15) is 0 Å². The number of rotatable bonds is 7. The molecule has 2 aromatic rings. The van der Waals surface area contributed by atoms with E-state index in [9.17, 15) is 14.7 Å². The van der Waals surface area contributed by atoms with Gasteiger partial charge < -0.3 is 14.5 Å². The Morgan fingerprint density at radius 2 is 1.68 bits per heavy atom. The van der Waals surface area contributed by atoms with Crippen LogP contribution in [0.2, 0.25) is 0 Å². The number of aromatic nitrogens is 2. The lowest BCUT2D eigenvalue weighted by atomic mass is 9.69. The van der Waals surface area contributed by atoms with Gasteiger partial charge in [0.05, 0.1) is 17.5 Å². The van der Waals surface area contributed by atoms with Crippen molar-refractivity contribution < 1.29 is 14.7 Å². The first-order chi connectivity index (χ1) is 18.0. The quantitative estimate of drug-likeness (QED) is 0.430. The molecule has 2 saturated heterocycles. The lowest BCUT2D eigenvalue weighted by Crippen LogP contribution is -2.52. The number of hydrogen-bond acceptors (Lipinski definition) is 6. The van der Waals surface area contributed by atoms with Crippen LogP contribution in [0.25, 0.3) is 11.0 Å². The van der Waals surface area contributed by atoms with Gasteiger partial charge in [0.2, 0.25) is 0 Å². The Morgan fingerprint density at radius 3 is 2.35 bits per heavy atom.